The SMILES string of the molecule is CCn1ccc(C(=O)NC2(c3ccccc3F)CC(O)C2)cc1=O. The van der Waals surface area contributed by atoms with Gasteiger partial charge in [0.1, 0.15) is 5.82 Å². The van der Waals surface area contributed by atoms with Gasteiger partial charge in [0.2, 0.25) is 0 Å². The highest BCUT2D eigenvalue weighted by atomic mass is 19.1. The second-order valence-electron chi connectivity index (χ2n) is 6.12. The number of benzene rings is 1. The molecule has 126 valence electrons. The summed E-state index contributed by atoms with van der Waals surface area (Å²) in [7, 11) is 0. The van der Waals surface area contributed by atoms with Crippen LogP contribution < -0.4 is 10.9 Å². The summed E-state index contributed by atoms with van der Waals surface area (Å²) in [6.45, 7) is 2.36. The summed E-state index contributed by atoms with van der Waals surface area (Å²) in [5.74, 6) is -0.878. The molecule has 1 saturated carbocycles. The van der Waals surface area contributed by atoms with E-state index in [1.54, 1.807) is 30.5 Å². The maximum absolute atomic E-state index is 14.2. The van der Waals surface area contributed by atoms with Crippen LogP contribution in [0.1, 0.15) is 35.7 Å². The summed E-state index contributed by atoms with van der Waals surface area (Å²) >= 11 is 0. The third-order valence-electron chi connectivity index (χ3n) is 4.51. The van der Waals surface area contributed by atoms with Crippen LogP contribution in [0.2, 0.25) is 0 Å². The van der Waals surface area contributed by atoms with Gasteiger partial charge in [0.05, 0.1) is 11.6 Å². The van der Waals surface area contributed by atoms with Crippen molar-refractivity contribution in [2.45, 2.75) is 38.0 Å². The fourth-order valence-electron chi connectivity index (χ4n) is 3.18. The number of aliphatic hydroxyl groups excluding tert-OH is 1. The van der Waals surface area contributed by atoms with Crippen molar-refractivity contribution in [3.63, 3.8) is 0 Å². The van der Waals surface area contributed by atoms with E-state index in [1.807, 2.05) is 6.92 Å². The minimum Gasteiger partial charge on any atom is -0.393 e. The first kappa shape index (κ1) is 16.4. The van der Waals surface area contributed by atoms with Crippen LogP contribution >= 0.6 is 0 Å². The number of halogens is 1. The van der Waals surface area contributed by atoms with Gasteiger partial charge in [-0.2, -0.15) is 0 Å². The number of hydrogen-bond donors (Lipinski definition) is 2. The molecule has 0 saturated heterocycles. The van der Waals surface area contributed by atoms with Crippen LogP contribution in [0.25, 0.3) is 0 Å². The molecule has 1 aliphatic carbocycles. The van der Waals surface area contributed by atoms with Crippen molar-refractivity contribution < 1.29 is 14.3 Å². The molecule has 6 heteroatoms. The Morgan fingerprint density at radius 1 is 1.38 bits per heavy atom. The third-order valence-corrected chi connectivity index (χ3v) is 4.51. The van der Waals surface area contributed by atoms with Crippen LogP contribution in [0.3, 0.4) is 0 Å². The Morgan fingerprint density at radius 3 is 2.67 bits per heavy atom. The molecule has 0 spiro atoms. The minimum absolute atomic E-state index is 0.224. The molecule has 0 unspecified atom stereocenters. The smallest absolute Gasteiger partial charge is 0.252 e. The average Bonchev–Trinajstić information content (AvgIpc) is 2.53. The van der Waals surface area contributed by atoms with Crippen molar-refractivity contribution in [1.29, 1.82) is 0 Å². The Balaban J connectivity index is 1.89. The van der Waals surface area contributed by atoms with Crippen LogP contribution in [0, 0.1) is 5.82 Å². The van der Waals surface area contributed by atoms with E-state index in [2.05, 4.69) is 5.32 Å². The first-order chi connectivity index (χ1) is 11.4. The van der Waals surface area contributed by atoms with Gasteiger partial charge in [-0.05, 0) is 19.1 Å². The van der Waals surface area contributed by atoms with E-state index in [9.17, 15) is 19.1 Å². The standard InChI is InChI=1S/C18H19FN2O3/c1-2-21-8-7-12(9-16(21)23)17(24)20-18(10-13(22)11-18)14-5-3-4-6-15(14)19/h3-9,13,22H,2,10-11H2,1H3,(H,20,24). The number of aliphatic hydroxyl groups is 1. The molecule has 24 heavy (non-hydrogen) atoms. The highest BCUT2D eigenvalue weighted by molar-refractivity contribution is 5.94. The lowest BCUT2D eigenvalue weighted by Crippen LogP contribution is -2.57. The van der Waals surface area contributed by atoms with Crippen LogP contribution in [0.4, 0.5) is 4.39 Å². The molecule has 3 rings (SSSR count). The zero-order valence-corrected chi connectivity index (χ0v) is 13.3. The van der Waals surface area contributed by atoms with E-state index in [0.29, 0.717) is 12.1 Å². The highest BCUT2D eigenvalue weighted by Crippen LogP contribution is 2.42. The molecule has 0 aliphatic heterocycles. The van der Waals surface area contributed by atoms with Gasteiger partial charge in [-0.25, -0.2) is 4.39 Å². The number of aryl methyl sites for hydroxylation is 1. The number of nitrogens with one attached hydrogen (secondary N) is 1. The Hall–Kier alpha value is -2.47. The first-order valence-corrected chi connectivity index (χ1v) is 7.91. The van der Waals surface area contributed by atoms with Crippen LogP contribution in [-0.2, 0) is 12.1 Å². The quantitative estimate of drug-likeness (QED) is 0.898. The zero-order valence-electron chi connectivity index (χ0n) is 13.3. The maximum atomic E-state index is 14.2. The summed E-state index contributed by atoms with van der Waals surface area (Å²) in [6.07, 6.45) is 1.46. The molecule has 5 nitrogen and oxygen atoms in total. The number of rotatable bonds is 4. The molecule has 1 aliphatic rings. The number of amides is 1. The van der Waals surface area contributed by atoms with Crippen LogP contribution in [-0.4, -0.2) is 21.7 Å². The van der Waals surface area contributed by atoms with Gasteiger partial charge in [0.15, 0.2) is 0 Å². The molecule has 2 aromatic rings. The number of hydrogen-bond acceptors (Lipinski definition) is 3. The number of aromatic nitrogens is 1. The van der Waals surface area contributed by atoms with Crippen molar-refractivity contribution in [3.8, 4) is 0 Å². The van der Waals surface area contributed by atoms with E-state index < -0.39 is 23.4 Å². The Morgan fingerprint density at radius 2 is 2.08 bits per heavy atom. The van der Waals surface area contributed by atoms with E-state index >= 15 is 0 Å². The predicted molar refractivity (Wildman–Crippen MR) is 87.2 cm³/mol. The molecule has 0 radical (unpaired) electrons. The van der Waals surface area contributed by atoms with Gasteiger partial charge in [-0.1, -0.05) is 18.2 Å². The Bertz CT molecular complexity index is 825. The average molecular weight is 330 g/mol. The number of nitrogens with zero attached hydrogens (tertiary/aromatic N) is 1. The Labute approximate surface area is 138 Å². The summed E-state index contributed by atoms with van der Waals surface area (Å²) in [4.78, 5) is 24.4. The molecule has 1 amide bonds. The monoisotopic (exact) mass is 330 g/mol. The number of carbonyl (C=O) groups excluding carboxylic acids is 1. The topological polar surface area (TPSA) is 71.3 Å². The van der Waals surface area contributed by atoms with Crippen LogP contribution in [0.15, 0.2) is 47.4 Å². The van der Waals surface area contributed by atoms with Crippen molar-refractivity contribution in [1.82, 2.24) is 9.88 Å². The van der Waals surface area contributed by atoms with Crippen molar-refractivity contribution in [3.05, 3.63) is 69.9 Å². The molecule has 2 N–H and O–H groups in total. The second kappa shape index (κ2) is 6.20. The van der Waals surface area contributed by atoms with E-state index in [0.717, 1.165) is 0 Å². The van der Waals surface area contributed by atoms with Gasteiger partial charge in [0.25, 0.3) is 11.5 Å². The summed E-state index contributed by atoms with van der Waals surface area (Å²) < 4.78 is 15.6. The normalized spacial score (nSPS) is 22.7. The Kier molecular flexibility index (Phi) is 4.24. The van der Waals surface area contributed by atoms with Gasteiger partial charge < -0.3 is 15.0 Å². The van der Waals surface area contributed by atoms with Crippen molar-refractivity contribution >= 4 is 5.91 Å². The molecule has 1 heterocycles. The third kappa shape index (κ3) is 2.85. The molecule has 0 bridgehead atoms. The number of pyridine rings is 1. The van der Waals surface area contributed by atoms with Crippen molar-refractivity contribution in [2.24, 2.45) is 0 Å². The van der Waals surface area contributed by atoms with Gasteiger partial charge in [-0.15, -0.1) is 0 Å². The largest absolute Gasteiger partial charge is 0.393 e. The fraction of sp³-hybridized carbons (Fsp3) is 0.333. The predicted octanol–water partition coefficient (Wildman–Crippen LogP) is 1.79. The molecular weight excluding hydrogens is 311 g/mol. The van der Waals surface area contributed by atoms with Crippen molar-refractivity contribution in [2.75, 3.05) is 0 Å². The minimum atomic E-state index is -0.943. The van der Waals surface area contributed by atoms with E-state index in [4.69, 9.17) is 0 Å². The molecular formula is C18H19FN2O3. The fourth-order valence-corrected chi connectivity index (χ4v) is 3.18. The maximum Gasteiger partial charge on any atom is 0.252 e. The highest BCUT2D eigenvalue weighted by Gasteiger charge is 2.47. The summed E-state index contributed by atoms with van der Waals surface area (Å²) in [5, 5.41) is 12.5. The lowest BCUT2D eigenvalue weighted by Gasteiger charge is -2.46. The molecule has 0 atom stereocenters. The summed E-state index contributed by atoms with van der Waals surface area (Å²) in [6, 6.07) is 9.04. The van der Waals surface area contributed by atoms with Crippen LogP contribution in [0.5, 0.6) is 0 Å². The lowest BCUT2D eigenvalue weighted by atomic mass is 9.69. The summed E-state index contributed by atoms with van der Waals surface area (Å²) in [5.41, 5.74) is -0.632. The molecule has 1 aromatic carbocycles. The molecule has 1 aromatic heterocycles. The van der Waals surface area contributed by atoms with E-state index in [1.165, 1.54) is 16.7 Å². The second-order valence-corrected chi connectivity index (χ2v) is 6.12. The van der Waals surface area contributed by atoms with Gasteiger partial charge in [0, 0.05) is 42.8 Å². The van der Waals surface area contributed by atoms with E-state index in [-0.39, 0.29) is 24.0 Å². The number of carbonyl (C=O) groups is 1. The first-order valence-electron chi connectivity index (χ1n) is 7.91. The molecule has 1 fully saturated rings. The van der Waals surface area contributed by atoms with Gasteiger partial charge in [-0.3, -0.25) is 9.59 Å². The lowest BCUT2D eigenvalue weighted by molar-refractivity contribution is -0.000608. The van der Waals surface area contributed by atoms with Gasteiger partial charge >= 0.3 is 0 Å². The zero-order chi connectivity index (χ0) is 17.3.